The van der Waals surface area contributed by atoms with Crippen molar-refractivity contribution >= 4 is 23.6 Å². The van der Waals surface area contributed by atoms with E-state index in [0.29, 0.717) is 5.75 Å². The number of thioether (sulfide) groups is 1. The molecule has 1 amide bonds. The van der Waals surface area contributed by atoms with Gasteiger partial charge in [0.05, 0.1) is 5.75 Å². The number of anilines is 1. The molecule has 3 rings (SSSR count). The third kappa shape index (κ3) is 4.47. The van der Waals surface area contributed by atoms with Gasteiger partial charge in [0.1, 0.15) is 0 Å². The topological polar surface area (TPSA) is 49.3 Å². The quantitative estimate of drug-likeness (QED) is 0.835. The van der Waals surface area contributed by atoms with Crippen molar-refractivity contribution in [3.63, 3.8) is 0 Å². The van der Waals surface area contributed by atoms with E-state index in [0.717, 1.165) is 37.9 Å². The van der Waals surface area contributed by atoms with E-state index < -0.39 is 0 Å². The van der Waals surface area contributed by atoms with Gasteiger partial charge in [-0.05, 0) is 18.6 Å². The number of aryl methyl sites for hydroxylation is 1. The van der Waals surface area contributed by atoms with E-state index in [4.69, 9.17) is 0 Å². The van der Waals surface area contributed by atoms with Crippen LogP contribution in [0.15, 0.2) is 42.7 Å². The van der Waals surface area contributed by atoms with Gasteiger partial charge in [-0.3, -0.25) is 4.79 Å². The Balaban J connectivity index is 1.42. The molecule has 1 aromatic heterocycles. The first kappa shape index (κ1) is 16.8. The van der Waals surface area contributed by atoms with Gasteiger partial charge in [0.25, 0.3) is 0 Å². The van der Waals surface area contributed by atoms with Gasteiger partial charge in [0.15, 0.2) is 0 Å². The fourth-order valence-electron chi connectivity index (χ4n) is 2.76. The molecule has 126 valence electrons. The summed E-state index contributed by atoms with van der Waals surface area (Å²) < 4.78 is 0. The summed E-state index contributed by atoms with van der Waals surface area (Å²) in [6.07, 6.45) is 3.50. The molecule has 2 heterocycles. The standard InChI is InChI=1S/C18H22N4OS/c1-15-4-2-5-16(12-15)13-24-14-17(23)21-8-10-22(11-9-21)18-19-6-3-7-20-18/h2-7,12H,8-11,13-14H2,1H3. The zero-order valence-electron chi connectivity index (χ0n) is 13.9. The van der Waals surface area contributed by atoms with Crippen LogP contribution in [0.2, 0.25) is 0 Å². The van der Waals surface area contributed by atoms with E-state index in [9.17, 15) is 4.79 Å². The molecule has 0 aliphatic carbocycles. The smallest absolute Gasteiger partial charge is 0.232 e. The van der Waals surface area contributed by atoms with Crippen LogP contribution in [0.3, 0.4) is 0 Å². The summed E-state index contributed by atoms with van der Waals surface area (Å²) in [5, 5.41) is 0. The Hall–Kier alpha value is -2.08. The molecule has 0 spiro atoms. The molecule has 1 saturated heterocycles. The third-order valence-electron chi connectivity index (χ3n) is 4.04. The Morgan fingerprint density at radius 2 is 1.88 bits per heavy atom. The van der Waals surface area contributed by atoms with Crippen LogP contribution >= 0.6 is 11.8 Å². The molecule has 1 fully saturated rings. The molecule has 0 bridgehead atoms. The number of rotatable bonds is 5. The van der Waals surface area contributed by atoms with E-state index in [1.165, 1.54) is 11.1 Å². The van der Waals surface area contributed by atoms with Gasteiger partial charge in [0.2, 0.25) is 11.9 Å². The van der Waals surface area contributed by atoms with Gasteiger partial charge in [-0.15, -0.1) is 11.8 Å². The lowest BCUT2D eigenvalue weighted by molar-refractivity contribution is -0.128. The van der Waals surface area contributed by atoms with E-state index in [-0.39, 0.29) is 5.91 Å². The minimum absolute atomic E-state index is 0.223. The first-order valence-corrected chi connectivity index (χ1v) is 9.31. The van der Waals surface area contributed by atoms with Gasteiger partial charge < -0.3 is 9.80 Å². The minimum atomic E-state index is 0.223. The molecule has 0 radical (unpaired) electrons. The molecule has 1 aliphatic heterocycles. The second kappa shape index (κ2) is 8.15. The largest absolute Gasteiger partial charge is 0.338 e. The number of carbonyl (C=O) groups excluding carboxylic acids is 1. The van der Waals surface area contributed by atoms with Crippen molar-refractivity contribution in [2.75, 3.05) is 36.8 Å². The molecular formula is C18H22N4OS. The maximum absolute atomic E-state index is 12.4. The predicted octanol–water partition coefficient (Wildman–Crippen LogP) is 2.37. The molecule has 6 heteroatoms. The third-order valence-corrected chi connectivity index (χ3v) is 5.03. The normalized spacial score (nSPS) is 14.7. The molecule has 0 atom stereocenters. The molecule has 1 aromatic carbocycles. The van der Waals surface area contributed by atoms with Gasteiger partial charge in [-0.2, -0.15) is 0 Å². The predicted molar refractivity (Wildman–Crippen MR) is 98.2 cm³/mol. The number of amides is 1. The highest BCUT2D eigenvalue weighted by Gasteiger charge is 2.22. The lowest BCUT2D eigenvalue weighted by atomic mass is 10.2. The molecule has 0 saturated carbocycles. The van der Waals surface area contributed by atoms with Crippen LogP contribution in [0, 0.1) is 6.92 Å². The monoisotopic (exact) mass is 342 g/mol. The second-order valence-electron chi connectivity index (χ2n) is 5.90. The van der Waals surface area contributed by atoms with Crippen LogP contribution in [0.5, 0.6) is 0 Å². The summed E-state index contributed by atoms with van der Waals surface area (Å²) in [6.45, 7) is 5.15. The van der Waals surface area contributed by atoms with Crippen molar-refractivity contribution in [2.24, 2.45) is 0 Å². The van der Waals surface area contributed by atoms with E-state index >= 15 is 0 Å². The summed E-state index contributed by atoms with van der Waals surface area (Å²) in [4.78, 5) is 25.0. The zero-order valence-corrected chi connectivity index (χ0v) is 14.7. The lowest BCUT2D eigenvalue weighted by Gasteiger charge is -2.34. The zero-order chi connectivity index (χ0) is 16.8. The average molecular weight is 342 g/mol. The summed E-state index contributed by atoms with van der Waals surface area (Å²) in [6, 6.07) is 10.3. The minimum Gasteiger partial charge on any atom is -0.338 e. The van der Waals surface area contributed by atoms with Crippen molar-refractivity contribution in [1.29, 1.82) is 0 Å². The van der Waals surface area contributed by atoms with E-state index in [2.05, 4.69) is 46.1 Å². The average Bonchev–Trinajstić information content (AvgIpc) is 2.63. The van der Waals surface area contributed by atoms with Crippen molar-refractivity contribution in [3.8, 4) is 0 Å². The Labute approximate surface area is 147 Å². The van der Waals surface area contributed by atoms with Gasteiger partial charge in [-0.1, -0.05) is 29.8 Å². The number of nitrogens with zero attached hydrogens (tertiary/aromatic N) is 4. The van der Waals surface area contributed by atoms with Gasteiger partial charge in [-0.25, -0.2) is 9.97 Å². The van der Waals surface area contributed by atoms with Crippen molar-refractivity contribution in [1.82, 2.24) is 14.9 Å². The van der Waals surface area contributed by atoms with Crippen LogP contribution in [0.25, 0.3) is 0 Å². The van der Waals surface area contributed by atoms with E-state index in [1.54, 1.807) is 24.2 Å². The number of piperazine rings is 1. The number of benzene rings is 1. The summed E-state index contributed by atoms with van der Waals surface area (Å²) in [5.41, 5.74) is 2.54. The highest BCUT2D eigenvalue weighted by atomic mass is 32.2. The van der Waals surface area contributed by atoms with Crippen molar-refractivity contribution < 1.29 is 4.79 Å². The first-order valence-electron chi connectivity index (χ1n) is 8.15. The number of carbonyl (C=O) groups is 1. The molecular weight excluding hydrogens is 320 g/mol. The SMILES string of the molecule is Cc1cccc(CSCC(=O)N2CCN(c3ncccn3)CC2)c1. The Bertz CT molecular complexity index is 672. The van der Waals surface area contributed by atoms with E-state index in [1.807, 2.05) is 11.0 Å². The number of hydrogen-bond acceptors (Lipinski definition) is 5. The highest BCUT2D eigenvalue weighted by Crippen LogP contribution is 2.15. The number of hydrogen-bond donors (Lipinski definition) is 0. The van der Waals surface area contributed by atoms with Crippen LogP contribution in [-0.4, -0.2) is 52.7 Å². The first-order chi connectivity index (χ1) is 11.7. The van der Waals surface area contributed by atoms with Gasteiger partial charge in [0, 0.05) is 44.3 Å². The molecule has 0 N–H and O–H groups in total. The second-order valence-corrected chi connectivity index (χ2v) is 6.88. The molecule has 2 aromatic rings. The number of aromatic nitrogens is 2. The fraction of sp³-hybridized carbons (Fsp3) is 0.389. The van der Waals surface area contributed by atoms with Crippen molar-refractivity contribution in [2.45, 2.75) is 12.7 Å². The van der Waals surface area contributed by atoms with Crippen LogP contribution in [-0.2, 0) is 10.5 Å². The highest BCUT2D eigenvalue weighted by molar-refractivity contribution is 7.99. The molecule has 1 aliphatic rings. The maximum Gasteiger partial charge on any atom is 0.232 e. The summed E-state index contributed by atoms with van der Waals surface area (Å²) >= 11 is 1.68. The van der Waals surface area contributed by atoms with Gasteiger partial charge >= 0.3 is 0 Å². The van der Waals surface area contributed by atoms with Crippen LogP contribution in [0.4, 0.5) is 5.95 Å². The summed E-state index contributed by atoms with van der Waals surface area (Å²) in [7, 11) is 0. The summed E-state index contributed by atoms with van der Waals surface area (Å²) in [5.74, 6) is 2.39. The fourth-order valence-corrected chi connectivity index (χ4v) is 3.63. The van der Waals surface area contributed by atoms with Crippen molar-refractivity contribution in [3.05, 3.63) is 53.9 Å². The molecule has 0 unspecified atom stereocenters. The Morgan fingerprint density at radius 3 is 2.58 bits per heavy atom. The Kier molecular flexibility index (Phi) is 5.69. The molecule has 5 nitrogen and oxygen atoms in total. The Morgan fingerprint density at radius 1 is 1.12 bits per heavy atom. The lowest BCUT2D eigenvalue weighted by Crippen LogP contribution is -2.49. The van der Waals surface area contributed by atoms with Crippen LogP contribution < -0.4 is 4.90 Å². The van der Waals surface area contributed by atoms with Crippen LogP contribution in [0.1, 0.15) is 11.1 Å². The molecule has 24 heavy (non-hydrogen) atoms. The maximum atomic E-state index is 12.4.